The third kappa shape index (κ3) is 13.9. The summed E-state index contributed by atoms with van der Waals surface area (Å²) in [6.45, 7) is 1.71. The summed E-state index contributed by atoms with van der Waals surface area (Å²) < 4.78 is 0. The van der Waals surface area contributed by atoms with Crippen molar-refractivity contribution in [3.05, 3.63) is 65.7 Å². The maximum Gasteiger partial charge on any atom is 0.326 e. The largest absolute Gasteiger partial charge is 0.508 e. The van der Waals surface area contributed by atoms with E-state index in [1.54, 1.807) is 44.2 Å². The van der Waals surface area contributed by atoms with E-state index >= 15 is 0 Å². The molecule has 0 heterocycles. The number of phenolic OH excluding ortho intramolecular Hbond substituents is 1. The van der Waals surface area contributed by atoms with E-state index < -0.39 is 90.7 Å². The number of carbonyl (C=O) groups is 7. The predicted octanol–water partition coefficient (Wildman–Crippen LogP) is -2.44. The molecule has 0 fully saturated rings. The lowest BCUT2D eigenvalue weighted by Crippen LogP contribution is -2.58. The molecular formula is C33H45N7O10. The van der Waals surface area contributed by atoms with Crippen LogP contribution in [0.1, 0.15) is 37.8 Å². The third-order valence-corrected chi connectivity index (χ3v) is 7.44. The number of aliphatic hydroxyl groups excluding tert-OH is 1. The van der Waals surface area contributed by atoms with Crippen molar-refractivity contribution < 1.29 is 48.9 Å². The van der Waals surface area contributed by atoms with Crippen LogP contribution in [0.4, 0.5) is 0 Å². The fourth-order valence-electron chi connectivity index (χ4n) is 4.64. The highest BCUT2D eigenvalue weighted by molar-refractivity contribution is 5.95. The Morgan fingerprint density at radius 2 is 1.30 bits per heavy atom. The van der Waals surface area contributed by atoms with Gasteiger partial charge in [-0.3, -0.25) is 28.8 Å². The Morgan fingerprint density at radius 3 is 1.86 bits per heavy atom. The Hall–Kier alpha value is -5.55. The number of nitrogens with one attached hydrogen (secondary N) is 5. The highest BCUT2D eigenvalue weighted by Crippen LogP contribution is 2.12. The van der Waals surface area contributed by atoms with Gasteiger partial charge in [-0.15, -0.1) is 0 Å². The topological polar surface area (TPSA) is 292 Å². The van der Waals surface area contributed by atoms with E-state index in [4.69, 9.17) is 11.5 Å². The monoisotopic (exact) mass is 699 g/mol. The number of benzene rings is 2. The van der Waals surface area contributed by atoms with Gasteiger partial charge in [0.15, 0.2) is 0 Å². The number of primary amides is 1. The number of hydrogen-bond donors (Lipinski definition) is 10. The maximum absolute atomic E-state index is 13.3. The van der Waals surface area contributed by atoms with Crippen molar-refractivity contribution in [3.63, 3.8) is 0 Å². The second-order valence-corrected chi connectivity index (χ2v) is 11.9. The highest BCUT2D eigenvalue weighted by atomic mass is 16.4. The first-order valence-electron chi connectivity index (χ1n) is 15.8. The molecule has 50 heavy (non-hydrogen) atoms. The SMILES string of the molecule is CC(C)[C@H](NC(=O)CNC(=O)[C@H](Cc1ccc(O)cc1)NC(=O)[C@H](CO)NC(=O)[C@@H](N)Cc1ccccc1)C(=O)N[C@@H](CCC(N)=O)C(=O)O. The highest BCUT2D eigenvalue weighted by Gasteiger charge is 2.31. The summed E-state index contributed by atoms with van der Waals surface area (Å²) in [5.41, 5.74) is 12.4. The van der Waals surface area contributed by atoms with Gasteiger partial charge in [0, 0.05) is 12.8 Å². The van der Waals surface area contributed by atoms with Gasteiger partial charge in [0.25, 0.3) is 0 Å². The Bertz CT molecular complexity index is 1490. The number of carboxylic acids is 1. The molecule has 17 nitrogen and oxygen atoms in total. The molecule has 6 amide bonds. The number of aromatic hydroxyl groups is 1. The van der Waals surface area contributed by atoms with Crippen molar-refractivity contribution in [3.8, 4) is 5.75 Å². The van der Waals surface area contributed by atoms with Crippen molar-refractivity contribution >= 4 is 41.4 Å². The Labute approximate surface area is 288 Å². The first kappa shape index (κ1) is 40.6. The van der Waals surface area contributed by atoms with Crippen LogP contribution in [-0.4, -0.2) is 100 Å². The summed E-state index contributed by atoms with van der Waals surface area (Å²) in [5, 5.41) is 40.9. The Morgan fingerprint density at radius 1 is 0.720 bits per heavy atom. The van der Waals surface area contributed by atoms with Crippen LogP contribution in [-0.2, 0) is 46.4 Å². The molecule has 0 radical (unpaired) electrons. The number of phenols is 1. The van der Waals surface area contributed by atoms with E-state index in [1.807, 2.05) is 0 Å². The standard InChI is InChI=1S/C33H45N7O10/c1-18(2)28(32(48)37-23(33(49)50)12-13-26(35)43)40-27(44)16-36-30(46)24(15-20-8-10-21(42)11-9-20)38-31(47)25(17-41)39-29(45)22(34)14-19-6-4-3-5-7-19/h3-11,18,22-25,28,41-42H,12-17,34H2,1-2H3,(H2,35,43)(H,36,46)(H,37,48)(H,38,47)(H,39,45)(H,40,44)(H,49,50)/t22-,23-,24-,25-,28-/m0/s1. The van der Waals surface area contributed by atoms with Crippen LogP contribution in [0.2, 0.25) is 0 Å². The summed E-state index contributed by atoms with van der Waals surface area (Å²) >= 11 is 0. The summed E-state index contributed by atoms with van der Waals surface area (Å²) in [6, 6.07) is 8.12. The molecule has 5 atom stereocenters. The number of hydrogen-bond acceptors (Lipinski definition) is 10. The Kier molecular flexibility index (Phi) is 16.3. The van der Waals surface area contributed by atoms with Crippen molar-refractivity contribution in [1.82, 2.24) is 26.6 Å². The van der Waals surface area contributed by atoms with Gasteiger partial charge < -0.3 is 53.4 Å². The zero-order chi connectivity index (χ0) is 37.4. The summed E-state index contributed by atoms with van der Waals surface area (Å²) in [7, 11) is 0. The lowest BCUT2D eigenvalue weighted by molar-refractivity contribution is -0.142. The predicted molar refractivity (Wildman–Crippen MR) is 179 cm³/mol. The fourth-order valence-corrected chi connectivity index (χ4v) is 4.64. The number of aliphatic carboxylic acids is 1. The normalized spacial score (nSPS) is 13.9. The molecule has 0 unspecified atom stereocenters. The average molecular weight is 700 g/mol. The molecule has 0 saturated carbocycles. The smallest absolute Gasteiger partial charge is 0.326 e. The summed E-state index contributed by atoms with van der Waals surface area (Å²) in [6.07, 6.45) is -0.523. The minimum atomic E-state index is -1.48. The minimum absolute atomic E-state index is 0.0448. The lowest BCUT2D eigenvalue weighted by Gasteiger charge is -2.25. The molecule has 2 aromatic rings. The van der Waals surface area contributed by atoms with Gasteiger partial charge >= 0.3 is 5.97 Å². The fraction of sp³-hybridized carbons (Fsp3) is 0.424. The average Bonchev–Trinajstić information content (AvgIpc) is 3.07. The number of aliphatic hydroxyl groups is 1. The van der Waals surface area contributed by atoms with Gasteiger partial charge in [0.2, 0.25) is 35.4 Å². The molecule has 2 rings (SSSR count). The van der Waals surface area contributed by atoms with Crippen LogP contribution in [0.3, 0.4) is 0 Å². The van der Waals surface area contributed by atoms with Crippen LogP contribution >= 0.6 is 0 Å². The van der Waals surface area contributed by atoms with Crippen molar-refractivity contribution in [1.29, 1.82) is 0 Å². The molecule has 17 heteroatoms. The van der Waals surface area contributed by atoms with Gasteiger partial charge in [-0.2, -0.15) is 0 Å². The number of rotatable bonds is 20. The van der Waals surface area contributed by atoms with Crippen molar-refractivity contribution in [2.45, 2.75) is 69.7 Å². The summed E-state index contributed by atoms with van der Waals surface area (Å²) in [4.78, 5) is 87.5. The van der Waals surface area contributed by atoms with E-state index in [0.29, 0.717) is 5.56 Å². The molecule has 0 aromatic heterocycles. The van der Waals surface area contributed by atoms with Gasteiger partial charge in [-0.05, 0) is 42.0 Å². The van der Waals surface area contributed by atoms with Crippen LogP contribution in [0.5, 0.6) is 5.75 Å². The van der Waals surface area contributed by atoms with E-state index in [2.05, 4.69) is 26.6 Å². The van der Waals surface area contributed by atoms with E-state index in [0.717, 1.165) is 5.56 Å². The molecule has 272 valence electrons. The molecule has 0 saturated heterocycles. The third-order valence-electron chi connectivity index (χ3n) is 7.44. The molecule has 0 aliphatic carbocycles. The lowest BCUT2D eigenvalue weighted by atomic mass is 10.0. The van der Waals surface area contributed by atoms with Gasteiger partial charge in [0.05, 0.1) is 19.2 Å². The number of carboxylic acid groups (broad SMARTS) is 1. The van der Waals surface area contributed by atoms with Crippen molar-refractivity contribution in [2.75, 3.05) is 13.2 Å². The molecule has 0 spiro atoms. The first-order chi connectivity index (χ1) is 23.6. The van der Waals surface area contributed by atoms with E-state index in [9.17, 15) is 48.9 Å². The molecule has 0 aliphatic heterocycles. The van der Waals surface area contributed by atoms with E-state index in [-0.39, 0.29) is 31.4 Å². The molecule has 12 N–H and O–H groups in total. The quantitative estimate of drug-likeness (QED) is 0.0692. The number of amides is 6. The second kappa shape index (κ2) is 20.1. The number of carbonyl (C=O) groups excluding carboxylic acids is 6. The van der Waals surface area contributed by atoms with Crippen molar-refractivity contribution in [2.24, 2.45) is 17.4 Å². The zero-order valence-electron chi connectivity index (χ0n) is 27.8. The first-order valence-corrected chi connectivity index (χ1v) is 15.8. The molecule has 2 aromatic carbocycles. The van der Waals surface area contributed by atoms with Crippen LogP contribution in [0.25, 0.3) is 0 Å². The minimum Gasteiger partial charge on any atom is -0.508 e. The van der Waals surface area contributed by atoms with Gasteiger partial charge in [-0.1, -0.05) is 56.3 Å². The maximum atomic E-state index is 13.3. The number of nitrogens with two attached hydrogens (primary N) is 2. The van der Waals surface area contributed by atoms with Gasteiger partial charge in [0.1, 0.15) is 29.9 Å². The second-order valence-electron chi connectivity index (χ2n) is 11.9. The van der Waals surface area contributed by atoms with Crippen LogP contribution in [0.15, 0.2) is 54.6 Å². The van der Waals surface area contributed by atoms with E-state index in [1.165, 1.54) is 24.3 Å². The van der Waals surface area contributed by atoms with Crippen LogP contribution in [0, 0.1) is 5.92 Å². The molecular weight excluding hydrogens is 654 g/mol. The molecule has 0 aliphatic rings. The Balaban J connectivity index is 2.10. The zero-order valence-corrected chi connectivity index (χ0v) is 27.8. The van der Waals surface area contributed by atoms with Gasteiger partial charge in [-0.25, -0.2) is 4.79 Å². The summed E-state index contributed by atoms with van der Waals surface area (Å²) in [5.74, 6) is -6.86. The van der Waals surface area contributed by atoms with Crippen LogP contribution < -0.4 is 38.1 Å². The molecule has 0 bridgehead atoms.